The number of aromatic nitrogens is 2. The maximum absolute atomic E-state index is 14.7. The first-order valence-electron chi connectivity index (χ1n) is 10.9. The number of nitrogens with zero attached hydrogens (tertiary/aromatic N) is 2. The second kappa shape index (κ2) is 8.97. The lowest BCUT2D eigenvalue weighted by molar-refractivity contribution is -0.127. The van der Waals surface area contributed by atoms with Gasteiger partial charge in [-0.3, -0.25) is 18.6 Å². The number of alkyl halides is 2. The zero-order chi connectivity index (χ0) is 24.8. The molecular weight excluding hydrogens is 475 g/mol. The van der Waals surface area contributed by atoms with Gasteiger partial charge in [-0.05, 0) is 45.4 Å². The van der Waals surface area contributed by atoms with E-state index in [9.17, 15) is 27.1 Å². The summed E-state index contributed by atoms with van der Waals surface area (Å²) < 4.78 is 71.8. The number of hydrogen-bond acceptors (Lipinski definition) is 6. The second-order valence-corrected chi connectivity index (χ2v) is 11.6. The van der Waals surface area contributed by atoms with E-state index in [1.807, 2.05) is 13.8 Å². The molecule has 0 aliphatic carbocycles. The maximum atomic E-state index is 14.7. The molecule has 12 heteroatoms. The van der Waals surface area contributed by atoms with Gasteiger partial charge in [0, 0.05) is 23.8 Å². The topological polar surface area (TPSA) is 106 Å². The van der Waals surface area contributed by atoms with Crippen molar-refractivity contribution in [1.29, 1.82) is 0 Å². The highest BCUT2D eigenvalue weighted by atomic mass is 32.3. The molecule has 0 spiro atoms. The summed E-state index contributed by atoms with van der Waals surface area (Å²) in [5.74, 6) is -1.06. The Morgan fingerprint density at radius 3 is 2.74 bits per heavy atom. The predicted octanol–water partition coefficient (Wildman–Crippen LogP) is 4.45. The fourth-order valence-corrected chi connectivity index (χ4v) is 6.60. The van der Waals surface area contributed by atoms with Gasteiger partial charge in [0.2, 0.25) is 5.91 Å². The van der Waals surface area contributed by atoms with Gasteiger partial charge in [-0.1, -0.05) is 0 Å². The highest BCUT2D eigenvalue weighted by molar-refractivity contribution is 8.24. The Kier molecular flexibility index (Phi) is 6.51. The van der Waals surface area contributed by atoms with Crippen molar-refractivity contribution in [3.63, 3.8) is 0 Å². The molecule has 2 aromatic rings. The highest BCUT2D eigenvalue weighted by Crippen LogP contribution is 2.50. The number of carbonyl (C=O) groups is 1. The van der Waals surface area contributed by atoms with Crippen LogP contribution < -0.4 is 14.8 Å². The van der Waals surface area contributed by atoms with Crippen molar-refractivity contribution in [2.45, 2.75) is 51.8 Å². The molecular formula is C22H28F3N3O5S. The molecule has 4 rings (SSSR count). The van der Waals surface area contributed by atoms with Crippen LogP contribution in [0.25, 0.3) is 11.3 Å². The summed E-state index contributed by atoms with van der Waals surface area (Å²) >= 11 is 0. The summed E-state index contributed by atoms with van der Waals surface area (Å²) in [5, 5.41) is 7.42. The van der Waals surface area contributed by atoms with Gasteiger partial charge >= 0.3 is 6.61 Å². The van der Waals surface area contributed by atoms with Gasteiger partial charge in [-0.25, -0.2) is 4.39 Å². The summed E-state index contributed by atoms with van der Waals surface area (Å²) in [5.41, 5.74) is -0.0119. The van der Waals surface area contributed by atoms with Crippen LogP contribution in [-0.4, -0.2) is 55.1 Å². The Morgan fingerprint density at radius 1 is 1.38 bits per heavy atom. The molecule has 1 aromatic carbocycles. The van der Waals surface area contributed by atoms with Crippen LogP contribution in [0.2, 0.25) is 0 Å². The number of benzene rings is 1. The first kappa shape index (κ1) is 24.7. The Morgan fingerprint density at radius 2 is 2.12 bits per heavy atom. The SMILES string of the molecule is CC(C)n1nc(-c2cc(OC(F)F)ccc2F)c2c1CC(C(=O)NC1(C)CCS(O)(O)C1)CO2. The molecule has 3 N–H and O–H groups in total. The van der Waals surface area contributed by atoms with E-state index in [0.29, 0.717) is 17.9 Å². The first-order chi connectivity index (χ1) is 15.9. The third kappa shape index (κ3) is 4.98. The highest BCUT2D eigenvalue weighted by Gasteiger charge is 2.42. The normalized spacial score (nSPS) is 24.6. The third-order valence-electron chi connectivity index (χ3n) is 6.06. The Bertz CT molecular complexity index is 1090. The Balaban J connectivity index is 1.61. The van der Waals surface area contributed by atoms with Crippen LogP contribution in [0.5, 0.6) is 11.5 Å². The fraction of sp³-hybridized carbons (Fsp3) is 0.545. The number of ether oxygens (including phenoxy) is 2. The second-order valence-electron chi connectivity index (χ2n) is 9.35. The largest absolute Gasteiger partial charge is 0.488 e. The lowest BCUT2D eigenvalue weighted by Crippen LogP contribution is -2.50. The minimum atomic E-state index is -3.05. The van der Waals surface area contributed by atoms with Crippen molar-refractivity contribution in [3.8, 4) is 22.8 Å². The van der Waals surface area contributed by atoms with Crippen LogP contribution >= 0.6 is 10.6 Å². The van der Waals surface area contributed by atoms with Gasteiger partial charge in [0.15, 0.2) is 5.75 Å². The first-order valence-corrected chi connectivity index (χ1v) is 12.8. The van der Waals surface area contributed by atoms with Crippen LogP contribution in [-0.2, 0) is 11.2 Å². The van der Waals surface area contributed by atoms with Crippen molar-refractivity contribution in [1.82, 2.24) is 15.1 Å². The number of rotatable bonds is 6. The molecule has 0 bridgehead atoms. The average molecular weight is 504 g/mol. The van der Waals surface area contributed by atoms with E-state index in [1.54, 1.807) is 11.6 Å². The van der Waals surface area contributed by atoms with Crippen LogP contribution in [0.3, 0.4) is 0 Å². The number of hydrogen-bond donors (Lipinski definition) is 3. The average Bonchev–Trinajstić information content (AvgIpc) is 3.25. The quantitative estimate of drug-likeness (QED) is 0.538. The summed E-state index contributed by atoms with van der Waals surface area (Å²) in [6.45, 7) is 2.49. The molecule has 3 heterocycles. The molecule has 0 saturated carbocycles. The molecule has 1 saturated heterocycles. The molecule has 1 aromatic heterocycles. The zero-order valence-corrected chi connectivity index (χ0v) is 19.9. The Hall–Kier alpha value is -2.44. The third-order valence-corrected chi connectivity index (χ3v) is 8.02. The standard InChI is InChI=1S/C22H28F3N3O5S/c1-12(2)28-17-8-13(20(29)26-22(3)6-7-34(30,31)11-22)10-32-19(17)18(27-28)15-9-14(33-21(24)25)4-5-16(15)23/h4-5,9,12-13,21,30-31H,6-8,10-11H2,1-3H3,(H,26,29). The van der Waals surface area contributed by atoms with E-state index in [4.69, 9.17) is 4.74 Å². The number of carbonyl (C=O) groups excluding carboxylic acids is 1. The van der Waals surface area contributed by atoms with E-state index in [-0.39, 0.29) is 53.5 Å². The molecule has 188 valence electrons. The monoisotopic (exact) mass is 503 g/mol. The van der Waals surface area contributed by atoms with E-state index in [0.717, 1.165) is 18.2 Å². The number of nitrogens with one attached hydrogen (secondary N) is 1. The molecule has 1 fully saturated rings. The van der Waals surface area contributed by atoms with Crippen LogP contribution in [0.4, 0.5) is 13.2 Å². The minimum absolute atomic E-state index is 0.0107. The van der Waals surface area contributed by atoms with E-state index in [2.05, 4.69) is 15.2 Å². The van der Waals surface area contributed by atoms with Crippen LogP contribution in [0, 0.1) is 11.7 Å². The summed E-state index contributed by atoms with van der Waals surface area (Å²) in [7, 11) is -2.69. The molecule has 2 aliphatic rings. The maximum Gasteiger partial charge on any atom is 0.387 e. The van der Waals surface area contributed by atoms with Gasteiger partial charge in [0.05, 0.1) is 22.9 Å². The smallest absolute Gasteiger partial charge is 0.387 e. The van der Waals surface area contributed by atoms with Gasteiger partial charge < -0.3 is 14.8 Å². The Labute approximate surface area is 196 Å². The molecule has 2 atom stereocenters. The number of halogens is 3. The van der Waals surface area contributed by atoms with Crippen molar-refractivity contribution in [3.05, 3.63) is 29.7 Å². The van der Waals surface area contributed by atoms with Gasteiger partial charge in [0.25, 0.3) is 0 Å². The molecule has 1 amide bonds. The molecule has 2 unspecified atom stereocenters. The lowest BCUT2D eigenvalue weighted by Gasteiger charge is -2.32. The minimum Gasteiger partial charge on any atom is -0.488 e. The molecule has 8 nitrogen and oxygen atoms in total. The van der Waals surface area contributed by atoms with E-state index >= 15 is 0 Å². The van der Waals surface area contributed by atoms with Gasteiger partial charge in [0.1, 0.15) is 23.9 Å². The van der Waals surface area contributed by atoms with Crippen LogP contribution in [0.1, 0.15) is 38.9 Å². The fourth-order valence-electron chi connectivity index (χ4n) is 4.44. The van der Waals surface area contributed by atoms with Crippen molar-refractivity contribution < 1.29 is 36.5 Å². The molecule has 34 heavy (non-hydrogen) atoms. The summed E-state index contributed by atoms with van der Waals surface area (Å²) in [6.07, 6.45) is 0.734. The number of fused-ring (bicyclic) bond motifs is 1. The van der Waals surface area contributed by atoms with Crippen LogP contribution in [0.15, 0.2) is 18.2 Å². The van der Waals surface area contributed by atoms with Crippen molar-refractivity contribution in [2.24, 2.45) is 5.92 Å². The predicted molar refractivity (Wildman–Crippen MR) is 121 cm³/mol. The number of amides is 1. The van der Waals surface area contributed by atoms with E-state index < -0.39 is 34.5 Å². The summed E-state index contributed by atoms with van der Waals surface area (Å²) in [4.78, 5) is 13.0. The van der Waals surface area contributed by atoms with E-state index in [1.165, 1.54) is 0 Å². The summed E-state index contributed by atoms with van der Waals surface area (Å²) in [6, 6.07) is 3.14. The van der Waals surface area contributed by atoms with Crippen molar-refractivity contribution >= 4 is 16.5 Å². The van der Waals surface area contributed by atoms with Gasteiger partial charge in [-0.2, -0.15) is 24.5 Å². The molecule has 0 radical (unpaired) electrons. The lowest BCUT2D eigenvalue weighted by atomic mass is 9.95. The van der Waals surface area contributed by atoms with Crippen molar-refractivity contribution in [2.75, 3.05) is 18.1 Å². The molecule has 2 aliphatic heterocycles. The zero-order valence-electron chi connectivity index (χ0n) is 19.1. The van der Waals surface area contributed by atoms with Gasteiger partial charge in [-0.15, -0.1) is 0 Å².